The predicted molar refractivity (Wildman–Crippen MR) is 66.0 cm³/mol. The van der Waals surface area contributed by atoms with Crippen LogP contribution in [0.3, 0.4) is 0 Å². The normalized spacial score (nSPS) is 26.9. The Bertz CT molecular complexity index is 451. The first-order valence-corrected chi connectivity index (χ1v) is 6.19. The monoisotopic (exact) mass is 272 g/mol. The molecule has 2 rings (SSSR count). The lowest BCUT2D eigenvalue weighted by Gasteiger charge is -2.16. The van der Waals surface area contributed by atoms with Gasteiger partial charge in [0.2, 0.25) is 0 Å². The van der Waals surface area contributed by atoms with E-state index in [1.54, 1.807) is 21.1 Å². The van der Waals surface area contributed by atoms with Crippen LogP contribution in [-0.4, -0.2) is 33.0 Å². The molecule has 1 aromatic carbocycles. The summed E-state index contributed by atoms with van der Waals surface area (Å²) < 4.78 is 43.2. The highest BCUT2D eigenvalue weighted by Crippen LogP contribution is 2.36. The van der Waals surface area contributed by atoms with Crippen molar-refractivity contribution in [1.29, 1.82) is 0 Å². The van der Waals surface area contributed by atoms with E-state index in [0.717, 1.165) is 6.07 Å². The highest BCUT2D eigenvalue weighted by Gasteiger charge is 2.37. The molecule has 0 amide bonds. The van der Waals surface area contributed by atoms with Gasteiger partial charge in [0.25, 0.3) is 0 Å². The zero-order valence-corrected chi connectivity index (χ0v) is 11.3. The van der Waals surface area contributed by atoms with Gasteiger partial charge in [-0.3, -0.25) is 0 Å². The summed E-state index contributed by atoms with van der Waals surface area (Å²) in [6.07, 6.45) is -0.268. The minimum Gasteiger partial charge on any atom is -0.382 e. The summed E-state index contributed by atoms with van der Waals surface area (Å²) >= 11 is 0. The molecule has 1 heterocycles. The third kappa shape index (κ3) is 2.94. The van der Waals surface area contributed by atoms with Crippen molar-refractivity contribution in [2.24, 2.45) is 0 Å². The molecular formula is C14H18F2O3. The summed E-state index contributed by atoms with van der Waals surface area (Å²) in [6.45, 7) is 1.99. The Labute approximate surface area is 111 Å². The van der Waals surface area contributed by atoms with Gasteiger partial charge in [-0.1, -0.05) is 0 Å². The maximum Gasteiger partial charge on any atom is 0.131 e. The highest BCUT2D eigenvalue weighted by molar-refractivity contribution is 5.28. The molecule has 19 heavy (non-hydrogen) atoms. The number of hydrogen-bond acceptors (Lipinski definition) is 3. The average Bonchev–Trinajstić information content (AvgIpc) is 2.77. The minimum atomic E-state index is -0.582. The third-order valence-electron chi connectivity index (χ3n) is 3.46. The van der Waals surface area contributed by atoms with Crippen molar-refractivity contribution in [2.45, 2.75) is 31.7 Å². The smallest absolute Gasteiger partial charge is 0.131 e. The summed E-state index contributed by atoms with van der Waals surface area (Å²) in [4.78, 5) is 0. The van der Waals surface area contributed by atoms with Gasteiger partial charge in [-0.15, -0.1) is 0 Å². The van der Waals surface area contributed by atoms with Crippen LogP contribution in [0.15, 0.2) is 12.1 Å². The number of aryl methyl sites for hydroxylation is 1. The standard InChI is InChI=1S/C14H18F2O3/c1-8-4-9(11(16)5-10(8)15)12-6-13(18-3)14(19-12)7-17-2/h4-5,12-14H,6-7H2,1-3H3/t12-,13+,14-/m1/s1. The zero-order chi connectivity index (χ0) is 14.0. The van der Waals surface area contributed by atoms with Gasteiger partial charge < -0.3 is 14.2 Å². The van der Waals surface area contributed by atoms with E-state index in [4.69, 9.17) is 14.2 Å². The van der Waals surface area contributed by atoms with Crippen LogP contribution < -0.4 is 0 Å². The molecule has 1 aliphatic heterocycles. The average molecular weight is 272 g/mol. The van der Waals surface area contributed by atoms with Crippen molar-refractivity contribution in [3.8, 4) is 0 Å². The maximum absolute atomic E-state index is 13.8. The molecule has 1 aliphatic rings. The van der Waals surface area contributed by atoms with Crippen molar-refractivity contribution < 1.29 is 23.0 Å². The topological polar surface area (TPSA) is 27.7 Å². The fourth-order valence-electron chi connectivity index (χ4n) is 2.40. The van der Waals surface area contributed by atoms with Crippen LogP contribution in [0.5, 0.6) is 0 Å². The van der Waals surface area contributed by atoms with Crippen molar-refractivity contribution >= 4 is 0 Å². The van der Waals surface area contributed by atoms with Crippen LogP contribution in [0, 0.1) is 18.6 Å². The largest absolute Gasteiger partial charge is 0.382 e. The van der Waals surface area contributed by atoms with Gasteiger partial charge in [0.15, 0.2) is 0 Å². The Kier molecular flexibility index (Phi) is 4.50. The molecule has 3 nitrogen and oxygen atoms in total. The first kappa shape index (κ1) is 14.4. The molecule has 3 atom stereocenters. The summed E-state index contributed by atoms with van der Waals surface area (Å²) in [6, 6.07) is 2.40. The Morgan fingerprint density at radius 2 is 2.00 bits per heavy atom. The molecule has 106 valence electrons. The van der Waals surface area contributed by atoms with Crippen LogP contribution in [0.2, 0.25) is 0 Å². The molecule has 5 heteroatoms. The van der Waals surface area contributed by atoms with Crippen LogP contribution in [0.1, 0.15) is 23.7 Å². The molecule has 1 saturated heterocycles. The number of methoxy groups -OCH3 is 2. The Morgan fingerprint density at radius 1 is 1.26 bits per heavy atom. The SMILES string of the molecule is COC[C@H]1O[C@@H](c2cc(C)c(F)cc2F)C[C@@H]1OC. The number of halogens is 2. The number of hydrogen-bond donors (Lipinski definition) is 0. The lowest BCUT2D eigenvalue weighted by molar-refractivity contribution is -0.0450. The van der Waals surface area contributed by atoms with Crippen LogP contribution >= 0.6 is 0 Å². The molecular weight excluding hydrogens is 254 g/mol. The highest BCUT2D eigenvalue weighted by atomic mass is 19.1. The van der Waals surface area contributed by atoms with Gasteiger partial charge in [0.05, 0.1) is 18.8 Å². The van der Waals surface area contributed by atoms with E-state index in [1.807, 2.05) is 0 Å². The first-order chi connectivity index (χ1) is 9.06. The summed E-state index contributed by atoms with van der Waals surface area (Å²) in [7, 11) is 3.16. The van der Waals surface area contributed by atoms with Crippen LogP contribution in [-0.2, 0) is 14.2 Å². The van der Waals surface area contributed by atoms with E-state index in [2.05, 4.69) is 0 Å². The zero-order valence-electron chi connectivity index (χ0n) is 11.3. The van der Waals surface area contributed by atoms with Crippen molar-refractivity contribution in [1.82, 2.24) is 0 Å². The lowest BCUT2D eigenvalue weighted by atomic mass is 10.0. The molecule has 0 saturated carbocycles. The van der Waals surface area contributed by atoms with Gasteiger partial charge in [-0.05, 0) is 18.6 Å². The number of rotatable bonds is 4. The van der Waals surface area contributed by atoms with Crippen molar-refractivity contribution in [3.05, 3.63) is 34.9 Å². The van der Waals surface area contributed by atoms with Gasteiger partial charge in [0.1, 0.15) is 17.7 Å². The second-order valence-electron chi connectivity index (χ2n) is 4.75. The number of benzene rings is 1. The molecule has 0 aliphatic carbocycles. The lowest BCUT2D eigenvalue weighted by Crippen LogP contribution is -2.27. The van der Waals surface area contributed by atoms with Gasteiger partial charge in [0, 0.05) is 32.3 Å². The van der Waals surface area contributed by atoms with E-state index in [0.29, 0.717) is 24.2 Å². The third-order valence-corrected chi connectivity index (χ3v) is 3.46. The predicted octanol–water partition coefficient (Wildman–Crippen LogP) is 2.76. The van der Waals surface area contributed by atoms with Gasteiger partial charge >= 0.3 is 0 Å². The van der Waals surface area contributed by atoms with Crippen LogP contribution in [0.25, 0.3) is 0 Å². The first-order valence-electron chi connectivity index (χ1n) is 6.19. The second-order valence-corrected chi connectivity index (χ2v) is 4.75. The minimum absolute atomic E-state index is 0.144. The van der Waals surface area contributed by atoms with E-state index >= 15 is 0 Å². The molecule has 0 radical (unpaired) electrons. The second kappa shape index (κ2) is 5.94. The summed E-state index contributed by atoms with van der Waals surface area (Å²) in [5.41, 5.74) is 0.781. The summed E-state index contributed by atoms with van der Waals surface area (Å²) in [5.74, 6) is -1.13. The molecule has 0 unspecified atom stereocenters. The maximum atomic E-state index is 13.8. The van der Waals surface area contributed by atoms with Crippen molar-refractivity contribution in [2.75, 3.05) is 20.8 Å². The molecule has 1 aromatic rings. The van der Waals surface area contributed by atoms with E-state index in [-0.39, 0.29) is 12.2 Å². The quantitative estimate of drug-likeness (QED) is 0.843. The molecule has 0 bridgehead atoms. The Balaban J connectivity index is 2.21. The summed E-state index contributed by atoms with van der Waals surface area (Å²) in [5, 5.41) is 0. The molecule has 1 fully saturated rings. The Morgan fingerprint density at radius 3 is 2.63 bits per heavy atom. The van der Waals surface area contributed by atoms with Gasteiger partial charge in [-0.2, -0.15) is 0 Å². The fourth-order valence-corrected chi connectivity index (χ4v) is 2.40. The molecule has 0 spiro atoms. The Hall–Kier alpha value is -1.04. The molecule has 0 N–H and O–H groups in total. The van der Waals surface area contributed by atoms with E-state index < -0.39 is 17.7 Å². The van der Waals surface area contributed by atoms with Crippen LogP contribution in [0.4, 0.5) is 8.78 Å². The van der Waals surface area contributed by atoms with E-state index in [9.17, 15) is 8.78 Å². The fraction of sp³-hybridized carbons (Fsp3) is 0.571. The van der Waals surface area contributed by atoms with Gasteiger partial charge in [-0.25, -0.2) is 8.78 Å². The number of ether oxygens (including phenoxy) is 3. The van der Waals surface area contributed by atoms with E-state index in [1.165, 1.54) is 6.07 Å². The van der Waals surface area contributed by atoms with Crippen molar-refractivity contribution in [3.63, 3.8) is 0 Å². The molecule has 0 aromatic heterocycles.